The highest BCUT2D eigenvalue weighted by molar-refractivity contribution is 5.34. The summed E-state index contributed by atoms with van der Waals surface area (Å²) in [5.74, 6) is 0.653. The molecule has 0 atom stereocenters. The Kier molecular flexibility index (Phi) is 3.41. The van der Waals surface area contributed by atoms with Crippen LogP contribution in [0.25, 0.3) is 5.82 Å². The van der Waals surface area contributed by atoms with E-state index in [-0.39, 0.29) is 0 Å². The van der Waals surface area contributed by atoms with E-state index in [0.717, 1.165) is 10.7 Å². The van der Waals surface area contributed by atoms with E-state index in [1.807, 2.05) is 6.92 Å². The third-order valence-electron chi connectivity index (χ3n) is 2.29. The molecule has 0 amide bonds. The zero-order valence-corrected chi connectivity index (χ0v) is 10.4. The first-order chi connectivity index (χ1) is 8.90. The summed E-state index contributed by atoms with van der Waals surface area (Å²) in [6, 6.07) is 2.47. The number of aryl methyl sites for hydroxylation is 1. The molecule has 0 aliphatic rings. The summed E-state index contributed by atoms with van der Waals surface area (Å²) >= 11 is 0. The molecule has 0 fully saturated rings. The molecule has 2 rings (SSSR count). The van der Waals surface area contributed by atoms with Gasteiger partial charge >= 0.3 is 6.18 Å². The third-order valence-corrected chi connectivity index (χ3v) is 2.29. The van der Waals surface area contributed by atoms with Crippen molar-refractivity contribution in [3.05, 3.63) is 29.7 Å². The zero-order chi connectivity index (χ0) is 14.0. The SMILES string of the molecule is CCNc1nc(C)cc(-n2ccc(C(F)(F)F)n2)n1. The predicted octanol–water partition coefficient (Wildman–Crippen LogP) is 2.42. The van der Waals surface area contributed by atoms with E-state index < -0.39 is 11.9 Å². The lowest BCUT2D eigenvalue weighted by Crippen LogP contribution is -2.10. The Morgan fingerprint density at radius 3 is 2.63 bits per heavy atom. The Hall–Kier alpha value is -2.12. The molecule has 1 N–H and O–H groups in total. The predicted molar refractivity (Wildman–Crippen MR) is 63.1 cm³/mol. The van der Waals surface area contributed by atoms with Crippen LogP contribution in [0, 0.1) is 6.92 Å². The van der Waals surface area contributed by atoms with Crippen molar-refractivity contribution in [2.45, 2.75) is 20.0 Å². The van der Waals surface area contributed by atoms with Gasteiger partial charge in [0.1, 0.15) is 0 Å². The molecule has 5 nitrogen and oxygen atoms in total. The largest absolute Gasteiger partial charge is 0.435 e. The Morgan fingerprint density at radius 2 is 2.05 bits per heavy atom. The van der Waals surface area contributed by atoms with Gasteiger partial charge in [0.05, 0.1) is 0 Å². The minimum absolute atomic E-state index is 0.291. The first-order valence-corrected chi connectivity index (χ1v) is 5.63. The molecule has 2 aromatic heterocycles. The van der Waals surface area contributed by atoms with Crippen LogP contribution in [0.5, 0.6) is 0 Å². The second kappa shape index (κ2) is 4.87. The van der Waals surface area contributed by atoms with Crippen LogP contribution in [-0.4, -0.2) is 26.3 Å². The summed E-state index contributed by atoms with van der Waals surface area (Å²) in [5, 5.41) is 6.38. The van der Waals surface area contributed by atoms with Crippen molar-refractivity contribution in [3.63, 3.8) is 0 Å². The summed E-state index contributed by atoms with van der Waals surface area (Å²) in [6.45, 7) is 4.23. The zero-order valence-electron chi connectivity index (χ0n) is 10.4. The van der Waals surface area contributed by atoms with Crippen molar-refractivity contribution in [1.82, 2.24) is 19.7 Å². The molecule has 0 radical (unpaired) electrons. The number of aromatic nitrogens is 4. The van der Waals surface area contributed by atoms with Gasteiger partial charge in [-0.25, -0.2) is 9.67 Å². The molecule has 2 heterocycles. The van der Waals surface area contributed by atoms with Crippen molar-refractivity contribution in [2.75, 3.05) is 11.9 Å². The van der Waals surface area contributed by atoms with Crippen LogP contribution in [0.3, 0.4) is 0 Å². The Morgan fingerprint density at radius 1 is 1.32 bits per heavy atom. The third kappa shape index (κ3) is 3.01. The van der Waals surface area contributed by atoms with Crippen molar-refractivity contribution < 1.29 is 13.2 Å². The van der Waals surface area contributed by atoms with E-state index in [2.05, 4.69) is 20.4 Å². The first kappa shape index (κ1) is 13.3. The van der Waals surface area contributed by atoms with Gasteiger partial charge in [0.15, 0.2) is 11.5 Å². The molecular formula is C11H12F3N5. The molecule has 0 aromatic carbocycles. The van der Waals surface area contributed by atoms with Crippen LogP contribution in [0.15, 0.2) is 18.3 Å². The van der Waals surface area contributed by atoms with Crippen LogP contribution in [0.1, 0.15) is 18.3 Å². The van der Waals surface area contributed by atoms with Gasteiger partial charge in [-0.1, -0.05) is 0 Å². The van der Waals surface area contributed by atoms with Crippen molar-refractivity contribution in [1.29, 1.82) is 0 Å². The van der Waals surface area contributed by atoms with Gasteiger partial charge in [0.2, 0.25) is 5.95 Å². The molecule has 19 heavy (non-hydrogen) atoms. The van der Waals surface area contributed by atoms with Gasteiger partial charge in [-0.15, -0.1) is 0 Å². The van der Waals surface area contributed by atoms with E-state index in [1.165, 1.54) is 6.20 Å². The number of halogens is 3. The van der Waals surface area contributed by atoms with Gasteiger partial charge in [0.25, 0.3) is 0 Å². The monoisotopic (exact) mass is 271 g/mol. The maximum Gasteiger partial charge on any atom is 0.435 e. The highest BCUT2D eigenvalue weighted by atomic mass is 19.4. The van der Waals surface area contributed by atoms with E-state index >= 15 is 0 Å². The number of anilines is 1. The molecule has 0 bridgehead atoms. The Labute approximate surface area is 107 Å². The molecule has 0 saturated carbocycles. The minimum Gasteiger partial charge on any atom is -0.354 e. The first-order valence-electron chi connectivity index (χ1n) is 5.63. The van der Waals surface area contributed by atoms with Crippen LogP contribution in [-0.2, 0) is 6.18 Å². The molecule has 8 heteroatoms. The number of nitrogens with one attached hydrogen (secondary N) is 1. The van der Waals surface area contributed by atoms with Crippen molar-refractivity contribution in [3.8, 4) is 5.82 Å². The van der Waals surface area contributed by atoms with E-state index in [1.54, 1.807) is 13.0 Å². The van der Waals surface area contributed by atoms with Crippen molar-refractivity contribution >= 4 is 5.95 Å². The molecule has 0 saturated heterocycles. The maximum absolute atomic E-state index is 12.5. The highest BCUT2D eigenvalue weighted by Crippen LogP contribution is 2.27. The lowest BCUT2D eigenvalue weighted by Gasteiger charge is -2.06. The lowest BCUT2D eigenvalue weighted by molar-refractivity contribution is -0.141. The number of hydrogen-bond acceptors (Lipinski definition) is 4. The number of rotatable bonds is 3. The topological polar surface area (TPSA) is 55.6 Å². The smallest absolute Gasteiger partial charge is 0.354 e. The standard InChI is InChI=1S/C11H12F3N5/c1-3-15-10-16-7(2)6-9(17-10)19-5-4-8(18-19)11(12,13)14/h4-6H,3H2,1-2H3,(H,15,16,17). The number of hydrogen-bond donors (Lipinski definition) is 1. The van der Waals surface area contributed by atoms with Crippen molar-refractivity contribution in [2.24, 2.45) is 0 Å². The quantitative estimate of drug-likeness (QED) is 0.931. The second-order valence-corrected chi connectivity index (χ2v) is 3.86. The van der Waals surface area contributed by atoms with Gasteiger partial charge in [-0.2, -0.15) is 23.3 Å². The molecule has 0 spiro atoms. The van der Waals surface area contributed by atoms with E-state index in [9.17, 15) is 13.2 Å². The van der Waals surface area contributed by atoms with Gasteiger partial charge in [0, 0.05) is 24.5 Å². The average Bonchev–Trinajstić information content (AvgIpc) is 2.77. The summed E-state index contributed by atoms with van der Waals surface area (Å²) in [6.07, 6.45) is -3.24. The van der Waals surface area contributed by atoms with Crippen LogP contribution in [0.2, 0.25) is 0 Å². The fourth-order valence-electron chi connectivity index (χ4n) is 1.51. The summed E-state index contributed by atoms with van der Waals surface area (Å²) < 4.78 is 38.5. The molecule has 0 aliphatic heterocycles. The normalized spacial score (nSPS) is 11.6. The van der Waals surface area contributed by atoms with Crippen LogP contribution >= 0.6 is 0 Å². The van der Waals surface area contributed by atoms with E-state index in [4.69, 9.17) is 0 Å². The summed E-state index contributed by atoms with van der Waals surface area (Å²) in [5.41, 5.74) is -0.307. The van der Waals surface area contributed by atoms with E-state index in [0.29, 0.717) is 24.0 Å². The van der Waals surface area contributed by atoms with Gasteiger partial charge in [-0.05, 0) is 19.9 Å². The number of alkyl halides is 3. The molecule has 2 aromatic rings. The average molecular weight is 271 g/mol. The fourth-order valence-corrected chi connectivity index (χ4v) is 1.51. The Bertz CT molecular complexity index is 576. The molecule has 102 valence electrons. The van der Waals surface area contributed by atoms with Gasteiger partial charge < -0.3 is 5.32 Å². The van der Waals surface area contributed by atoms with Gasteiger partial charge in [-0.3, -0.25) is 0 Å². The number of nitrogens with zero attached hydrogens (tertiary/aromatic N) is 4. The highest BCUT2D eigenvalue weighted by Gasteiger charge is 2.33. The minimum atomic E-state index is -4.46. The second-order valence-electron chi connectivity index (χ2n) is 3.86. The maximum atomic E-state index is 12.5. The Balaban J connectivity index is 2.38. The fraction of sp³-hybridized carbons (Fsp3) is 0.364. The summed E-state index contributed by atoms with van der Waals surface area (Å²) in [4.78, 5) is 8.22. The van der Waals surface area contributed by atoms with Crippen LogP contribution < -0.4 is 5.32 Å². The molecular weight excluding hydrogens is 259 g/mol. The lowest BCUT2D eigenvalue weighted by atomic mass is 10.4. The molecule has 0 unspecified atom stereocenters. The van der Waals surface area contributed by atoms with Crippen LogP contribution in [0.4, 0.5) is 19.1 Å². The summed E-state index contributed by atoms with van der Waals surface area (Å²) in [7, 11) is 0. The molecule has 0 aliphatic carbocycles.